The minimum atomic E-state index is -6.02. The largest absolute Gasteiger partial charge is 0.508 e. The maximum Gasteiger partial charge on any atom is 0.411 e. The summed E-state index contributed by atoms with van der Waals surface area (Å²) < 4.78 is 97.9. The van der Waals surface area contributed by atoms with Gasteiger partial charge in [-0.05, 0) is 77.2 Å². The molecule has 10 nitrogen and oxygen atoms in total. The van der Waals surface area contributed by atoms with Crippen LogP contribution in [-0.4, -0.2) is 67.6 Å². The number of aromatic hydroxyl groups is 2. The minimum absolute atomic E-state index is 0.0278. The molecule has 0 saturated carbocycles. The second-order valence-corrected chi connectivity index (χ2v) is 11.0. The molecule has 0 radical (unpaired) electrons. The van der Waals surface area contributed by atoms with E-state index >= 15 is 0 Å². The Morgan fingerprint density at radius 1 is 0.608 bits per heavy atom. The molecule has 4 aromatic carbocycles. The molecule has 2 amide bonds. The molecule has 0 aromatic heterocycles. The van der Waals surface area contributed by atoms with Gasteiger partial charge in [-0.3, -0.25) is 9.59 Å². The smallest absolute Gasteiger partial charge is 0.411 e. The predicted molar refractivity (Wildman–Crippen MR) is 170 cm³/mol. The van der Waals surface area contributed by atoms with E-state index in [4.69, 9.17) is 9.47 Å². The number of aryl methyl sites for hydroxylation is 1. The summed E-state index contributed by atoms with van der Waals surface area (Å²) >= 11 is 0. The van der Waals surface area contributed by atoms with E-state index < -0.39 is 81.0 Å². The van der Waals surface area contributed by atoms with Gasteiger partial charge in [0, 0.05) is 7.05 Å². The van der Waals surface area contributed by atoms with Gasteiger partial charge < -0.3 is 30.3 Å². The van der Waals surface area contributed by atoms with E-state index in [1.807, 2.05) is 0 Å². The average molecular weight is 719 g/mol. The summed E-state index contributed by atoms with van der Waals surface area (Å²) in [6, 6.07) is 10.5. The first-order valence-electron chi connectivity index (χ1n) is 14.6. The van der Waals surface area contributed by atoms with Gasteiger partial charge in [0.1, 0.15) is 11.5 Å². The van der Waals surface area contributed by atoms with Crippen molar-refractivity contribution in [2.24, 2.45) is 0 Å². The summed E-state index contributed by atoms with van der Waals surface area (Å²) in [5, 5.41) is 24.7. The lowest BCUT2D eigenvalue weighted by Crippen LogP contribution is -2.54. The molecule has 51 heavy (non-hydrogen) atoms. The molecule has 4 rings (SSSR count). The molecule has 16 heteroatoms. The fourth-order valence-corrected chi connectivity index (χ4v) is 5.47. The molecule has 0 aliphatic carbocycles. The lowest BCUT2D eigenvalue weighted by Gasteiger charge is -2.38. The number of methoxy groups -OCH3 is 2. The number of phenolic OH excluding ortho intramolecular Hbond substituents is 2. The van der Waals surface area contributed by atoms with Crippen molar-refractivity contribution in [2.45, 2.75) is 24.7 Å². The van der Waals surface area contributed by atoms with Crippen LogP contribution >= 0.6 is 0 Å². The first-order valence-corrected chi connectivity index (χ1v) is 14.6. The van der Waals surface area contributed by atoms with Gasteiger partial charge in [0.2, 0.25) is 5.41 Å². The van der Waals surface area contributed by atoms with E-state index in [2.05, 4.69) is 10.6 Å². The maximum atomic E-state index is 14.7. The van der Waals surface area contributed by atoms with Crippen LogP contribution in [-0.2, 0) is 14.9 Å². The Labute approximate surface area is 285 Å². The molecule has 0 saturated heterocycles. The van der Waals surface area contributed by atoms with Crippen LogP contribution in [0.5, 0.6) is 11.5 Å². The average Bonchev–Trinajstić information content (AvgIpc) is 3.08. The normalized spacial score (nSPS) is 11.8. The highest BCUT2D eigenvalue weighted by atomic mass is 19.4. The van der Waals surface area contributed by atoms with E-state index in [0.29, 0.717) is 36.4 Å². The third kappa shape index (κ3) is 6.89. The van der Waals surface area contributed by atoms with E-state index in [0.717, 1.165) is 27.2 Å². The zero-order valence-electron chi connectivity index (χ0n) is 27.0. The second-order valence-electron chi connectivity index (χ2n) is 11.0. The Hall–Kier alpha value is -6.06. The van der Waals surface area contributed by atoms with Gasteiger partial charge in [0.15, 0.2) is 0 Å². The predicted octanol–water partition coefficient (Wildman–Crippen LogP) is 6.67. The SMILES string of the molecule is CNC(=O)c1ccc(-c2ccc(C(=O)Nc3cc(C(c4ccc(O)c(C)c4)(C(F)(F)F)C(F)(F)F)ccc3O)c(C(=O)OC)c2)cc1C(=O)OC. The number of carbonyl (C=O) groups excluding carboxylic acids is 4. The number of amides is 2. The molecule has 0 heterocycles. The summed E-state index contributed by atoms with van der Waals surface area (Å²) in [5.74, 6) is -5.22. The van der Waals surface area contributed by atoms with Crippen LogP contribution in [0, 0.1) is 6.92 Å². The van der Waals surface area contributed by atoms with Crippen LogP contribution in [0.2, 0.25) is 0 Å². The molecule has 0 atom stereocenters. The Kier molecular flexibility index (Phi) is 10.4. The molecule has 4 aromatic rings. The van der Waals surface area contributed by atoms with E-state index in [-0.39, 0.29) is 27.8 Å². The second kappa shape index (κ2) is 14.0. The van der Waals surface area contributed by atoms with Crippen LogP contribution in [0.1, 0.15) is 58.1 Å². The van der Waals surface area contributed by atoms with Crippen LogP contribution in [0.4, 0.5) is 32.0 Å². The number of carbonyl (C=O) groups is 4. The topological polar surface area (TPSA) is 151 Å². The maximum absolute atomic E-state index is 14.7. The number of hydrogen-bond donors (Lipinski definition) is 4. The standard InChI is InChI=1S/C35H28F6N2O8/c1-17-13-20(7-11-27(17)44)33(34(36,37)38,35(39,40)41)21-8-12-28(45)26(16-21)43-30(47)23-10-6-19(15-25(23)32(49)51-4)18-5-9-22(29(46)42-2)24(14-18)31(48)50-3/h5-16,44-45H,1-4H3,(H,42,46)(H,43,47). The number of hydrogen-bond acceptors (Lipinski definition) is 8. The van der Waals surface area contributed by atoms with E-state index in [1.165, 1.54) is 37.4 Å². The summed E-state index contributed by atoms with van der Waals surface area (Å²) in [6.07, 6.45) is -12.0. The number of esters is 2. The molecule has 0 aliphatic heterocycles. The third-order valence-electron chi connectivity index (χ3n) is 8.06. The third-order valence-corrected chi connectivity index (χ3v) is 8.06. The van der Waals surface area contributed by atoms with Gasteiger partial charge in [-0.2, -0.15) is 26.3 Å². The van der Waals surface area contributed by atoms with Crippen molar-refractivity contribution in [1.82, 2.24) is 5.32 Å². The number of benzene rings is 4. The zero-order chi connectivity index (χ0) is 38.1. The summed E-state index contributed by atoms with van der Waals surface area (Å²) in [4.78, 5) is 51.0. The van der Waals surface area contributed by atoms with Crippen molar-refractivity contribution in [3.05, 3.63) is 112 Å². The lowest BCUT2D eigenvalue weighted by atomic mass is 9.72. The van der Waals surface area contributed by atoms with Crippen molar-refractivity contribution < 1.29 is 65.2 Å². The fourth-order valence-electron chi connectivity index (χ4n) is 5.47. The molecular weight excluding hydrogens is 690 g/mol. The summed E-state index contributed by atoms with van der Waals surface area (Å²) in [5.41, 5.74) is -9.09. The summed E-state index contributed by atoms with van der Waals surface area (Å²) in [6.45, 7) is 1.11. The van der Waals surface area contributed by atoms with E-state index in [9.17, 15) is 55.7 Å². The molecule has 4 N–H and O–H groups in total. The van der Waals surface area contributed by atoms with Crippen molar-refractivity contribution in [3.63, 3.8) is 0 Å². The van der Waals surface area contributed by atoms with Crippen LogP contribution < -0.4 is 10.6 Å². The first kappa shape index (κ1) is 37.8. The molecule has 0 spiro atoms. The number of nitrogens with one attached hydrogen (secondary N) is 2. The fraction of sp³-hybridized carbons (Fsp3) is 0.200. The van der Waals surface area contributed by atoms with Crippen LogP contribution in [0.3, 0.4) is 0 Å². The van der Waals surface area contributed by atoms with E-state index in [1.54, 1.807) is 0 Å². The Balaban J connectivity index is 1.84. The number of phenols is 2. The summed E-state index contributed by atoms with van der Waals surface area (Å²) in [7, 11) is 3.43. The van der Waals surface area contributed by atoms with Gasteiger partial charge in [-0.25, -0.2) is 9.59 Å². The Morgan fingerprint density at radius 3 is 1.49 bits per heavy atom. The highest BCUT2D eigenvalue weighted by Crippen LogP contribution is 2.57. The number of ether oxygens (including phenoxy) is 2. The van der Waals surface area contributed by atoms with Crippen LogP contribution in [0.15, 0.2) is 72.8 Å². The highest BCUT2D eigenvalue weighted by Gasteiger charge is 2.72. The first-order chi connectivity index (χ1) is 23.8. The van der Waals surface area contributed by atoms with Crippen molar-refractivity contribution in [3.8, 4) is 22.6 Å². The van der Waals surface area contributed by atoms with Crippen LogP contribution in [0.25, 0.3) is 11.1 Å². The monoisotopic (exact) mass is 718 g/mol. The molecule has 268 valence electrons. The van der Waals surface area contributed by atoms with Gasteiger partial charge in [-0.15, -0.1) is 0 Å². The molecule has 0 unspecified atom stereocenters. The van der Waals surface area contributed by atoms with Gasteiger partial charge in [-0.1, -0.05) is 30.3 Å². The molecule has 0 bridgehead atoms. The lowest BCUT2D eigenvalue weighted by molar-refractivity contribution is -0.288. The number of halogens is 6. The minimum Gasteiger partial charge on any atom is -0.508 e. The number of rotatable bonds is 8. The van der Waals surface area contributed by atoms with Gasteiger partial charge >= 0.3 is 24.3 Å². The Morgan fingerprint density at radius 2 is 1.06 bits per heavy atom. The highest BCUT2D eigenvalue weighted by molar-refractivity contribution is 6.12. The molecule has 0 aliphatic rings. The van der Waals surface area contributed by atoms with Crippen molar-refractivity contribution in [1.29, 1.82) is 0 Å². The molecular formula is C35H28F6N2O8. The van der Waals surface area contributed by atoms with Crippen molar-refractivity contribution in [2.75, 3.05) is 26.6 Å². The van der Waals surface area contributed by atoms with Crippen molar-refractivity contribution >= 4 is 29.4 Å². The van der Waals surface area contributed by atoms with Gasteiger partial charge in [0.25, 0.3) is 11.8 Å². The number of alkyl halides is 6. The number of anilines is 1. The Bertz CT molecular complexity index is 2030. The quantitative estimate of drug-likeness (QED) is 0.0897. The molecule has 0 fully saturated rings. The van der Waals surface area contributed by atoms with Gasteiger partial charge in [0.05, 0.1) is 42.2 Å². The zero-order valence-corrected chi connectivity index (χ0v) is 27.0.